The Labute approximate surface area is 78.9 Å². The fourth-order valence-corrected chi connectivity index (χ4v) is 1.71. The summed E-state index contributed by atoms with van der Waals surface area (Å²) in [5.41, 5.74) is 1.02. The first-order valence-electron chi connectivity index (χ1n) is 3.38. The molecule has 60 valence electrons. The number of halogens is 1. The van der Waals surface area contributed by atoms with E-state index in [0.29, 0.717) is 5.15 Å². The Bertz CT molecular complexity index is 372. The lowest BCUT2D eigenvalue weighted by Crippen LogP contribution is -1.77. The number of rotatable bonds is 1. The molecule has 0 aliphatic heterocycles. The molecule has 0 radical (unpaired) electrons. The van der Waals surface area contributed by atoms with Crippen molar-refractivity contribution < 1.29 is 0 Å². The van der Waals surface area contributed by atoms with Crippen LogP contribution in [0.2, 0.25) is 5.15 Å². The molecule has 4 heteroatoms. The lowest BCUT2D eigenvalue weighted by Gasteiger charge is -1.94. The van der Waals surface area contributed by atoms with Gasteiger partial charge in [-0.15, -0.1) is 11.3 Å². The first kappa shape index (κ1) is 7.71. The summed E-state index contributed by atoms with van der Waals surface area (Å²) in [6.07, 6.45) is 3.45. The third-order valence-corrected chi connectivity index (χ3v) is 2.43. The molecule has 0 N–H and O–H groups in total. The van der Waals surface area contributed by atoms with E-state index in [2.05, 4.69) is 9.97 Å². The molecule has 0 bridgehead atoms. The average Bonchev–Trinajstić information content (AvgIpc) is 2.56. The predicted molar refractivity (Wildman–Crippen MR) is 50.4 cm³/mol. The van der Waals surface area contributed by atoms with E-state index in [4.69, 9.17) is 11.6 Å². The minimum absolute atomic E-state index is 0.503. The zero-order valence-electron chi connectivity index (χ0n) is 6.07. The minimum atomic E-state index is 0.503. The lowest BCUT2D eigenvalue weighted by atomic mass is 10.3. The molecule has 2 aromatic rings. The summed E-state index contributed by atoms with van der Waals surface area (Å²) < 4.78 is 0. The standard InChI is InChI=1S/C8H5ClN2S/c9-7-5-6(1-2-10-7)8-11-3-4-12-8/h1-5H. The zero-order chi connectivity index (χ0) is 8.39. The van der Waals surface area contributed by atoms with Gasteiger partial charge in [0.05, 0.1) is 0 Å². The van der Waals surface area contributed by atoms with Crippen LogP contribution in [-0.2, 0) is 0 Å². The fourth-order valence-electron chi connectivity index (χ4n) is 0.902. The molecule has 0 spiro atoms. The first-order valence-corrected chi connectivity index (χ1v) is 4.63. The SMILES string of the molecule is Clc1cc(-c2nccs2)ccn1. The van der Waals surface area contributed by atoms with Crippen LogP contribution in [0.3, 0.4) is 0 Å². The molecule has 12 heavy (non-hydrogen) atoms. The van der Waals surface area contributed by atoms with Gasteiger partial charge in [-0.2, -0.15) is 0 Å². The van der Waals surface area contributed by atoms with Gasteiger partial charge in [-0.25, -0.2) is 9.97 Å². The van der Waals surface area contributed by atoms with E-state index in [0.717, 1.165) is 10.6 Å². The Morgan fingerprint density at radius 2 is 2.17 bits per heavy atom. The van der Waals surface area contributed by atoms with Gasteiger partial charge in [-0.3, -0.25) is 0 Å². The van der Waals surface area contributed by atoms with E-state index in [1.807, 2.05) is 11.4 Å². The van der Waals surface area contributed by atoms with Crippen LogP contribution in [0, 0.1) is 0 Å². The van der Waals surface area contributed by atoms with Crippen molar-refractivity contribution in [1.29, 1.82) is 0 Å². The van der Waals surface area contributed by atoms with Crippen LogP contribution in [-0.4, -0.2) is 9.97 Å². The number of hydrogen-bond donors (Lipinski definition) is 0. The quantitative estimate of drug-likeness (QED) is 0.656. The van der Waals surface area contributed by atoms with E-state index in [-0.39, 0.29) is 0 Å². The Hall–Kier alpha value is -0.930. The summed E-state index contributed by atoms with van der Waals surface area (Å²) in [5, 5.41) is 3.41. The van der Waals surface area contributed by atoms with Crippen molar-refractivity contribution in [2.45, 2.75) is 0 Å². The summed E-state index contributed by atoms with van der Waals surface area (Å²) >= 11 is 7.31. The van der Waals surface area contributed by atoms with E-state index < -0.39 is 0 Å². The Morgan fingerprint density at radius 3 is 2.83 bits per heavy atom. The monoisotopic (exact) mass is 196 g/mol. The molecule has 2 nitrogen and oxygen atoms in total. The predicted octanol–water partition coefficient (Wildman–Crippen LogP) is 2.86. The van der Waals surface area contributed by atoms with Crippen molar-refractivity contribution >= 4 is 22.9 Å². The third-order valence-electron chi connectivity index (χ3n) is 1.41. The summed E-state index contributed by atoms with van der Waals surface area (Å²) in [7, 11) is 0. The molecule has 2 rings (SSSR count). The highest BCUT2D eigenvalue weighted by Crippen LogP contribution is 2.22. The van der Waals surface area contributed by atoms with Crippen LogP contribution < -0.4 is 0 Å². The van der Waals surface area contributed by atoms with Crippen molar-refractivity contribution in [3.63, 3.8) is 0 Å². The number of nitrogens with zero attached hydrogens (tertiary/aromatic N) is 2. The van der Waals surface area contributed by atoms with Crippen LogP contribution in [0.5, 0.6) is 0 Å². The van der Waals surface area contributed by atoms with Gasteiger partial charge in [0.15, 0.2) is 0 Å². The fraction of sp³-hybridized carbons (Fsp3) is 0. The van der Waals surface area contributed by atoms with Gasteiger partial charge in [0, 0.05) is 23.3 Å². The van der Waals surface area contributed by atoms with Gasteiger partial charge >= 0.3 is 0 Å². The number of aromatic nitrogens is 2. The normalized spacial score (nSPS) is 10.1. The second-order valence-corrected chi connectivity index (χ2v) is 3.49. The number of pyridine rings is 1. The summed E-state index contributed by atoms with van der Waals surface area (Å²) in [6, 6.07) is 3.70. The topological polar surface area (TPSA) is 25.8 Å². The smallest absolute Gasteiger partial charge is 0.129 e. The Kier molecular flexibility index (Phi) is 2.06. The lowest BCUT2D eigenvalue weighted by molar-refractivity contribution is 1.32. The Balaban J connectivity index is 2.48. The molecule has 0 atom stereocenters. The molecule has 0 unspecified atom stereocenters. The van der Waals surface area contributed by atoms with Crippen molar-refractivity contribution in [2.75, 3.05) is 0 Å². The summed E-state index contributed by atoms with van der Waals surface area (Å²) in [4.78, 5) is 8.05. The molecule has 0 aromatic carbocycles. The average molecular weight is 197 g/mol. The van der Waals surface area contributed by atoms with Gasteiger partial charge in [-0.1, -0.05) is 11.6 Å². The van der Waals surface area contributed by atoms with E-state index in [1.165, 1.54) is 0 Å². The van der Waals surface area contributed by atoms with Crippen LogP contribution >= 0.6 is 22.9 Å². The highest BCUT2D eigenvalue weighted by atomic mass is 35.5. The van der Waals surface area contributed by atoms with Gasteiger partial charge < -0.3 is 0 Å². The van der Waals surface area contributed by atoms with Crippen LogP contribution in [0.25, 0.3) is 10.6 Å². The van der Waals surface area contributed by atoms with E-state index in [9.17, 15) is 0 Å². The maximum absolute atomic E-state index is 5.73. The minimum Gasteiger partial charge on any atom is -0.245 e. The highest BCUT2D eigenvalue weighted by Gasteiger charge is 1.99. The highest BCUT2D eigenvalue weighted by molar-refractivity contribution is 7.13. The molecule has 2 heterocycles. The number of thiazole rings is 1. The maximum Gasteiger partial charge on any atom is 0.129 e. The van der Waals surface area contributed by atoms with Gasteiger partial charge in [0.2, 0.25) is 0 Å². The van der Waals surface area contributed by atoms with Crippen molar-refractivity contribution in [3.8, 4) is 10.6 Å². The number of hydrogen-bond acceptors (Lipinski definition) is 3. The van der Waals surface area contributed by atoms with E-state index in [1.54, 1.807) is 29.8 Å². The maximum atomic E-state index is 5.73. The molecule has 0 fully saturated rings. The van der Waals surface area contributed by atoms with Crippen LogP contribution in [0.15, 0.2) is 29.9 Å². The molecule has 0 saturated carbocycles. The van der Waals surface area contributed by atoms with Crippen molar-refractivity contribution in [1.82, 2.24) is 9.97 Å². The first-order chi connectivity index (χ1) is 5.86. The molecular formula is C8H5ClN2S. The molecule has 0 aliphatic rings. The van der Waals surface area contributed by atoms with Gasteiger partial charge in [-0.05, 0) is 12.1 Å². The van der Waals surface area contributed by atoms with Crippen molar-refractivity contribution in [2.24, 2.45) is 0 Å². The second-order valence-electron chi connectivity index (χ2n) is 2.20. The van der Waals surface area contributed by atoms with Crippen molar-refractivity contribution in [3.05, 3.63) is 35.1 Å². The van der Waals surface area contributed by atoms with Gasteiger partial charge in [0.25, 0.3) is 0 Å². The molecule has 0 saturated heterocycles. The summed E-state index contributed by atoms with van der Waals surface area (Å²) in [6.45, 7) is 0. The van der Waals surface area contributed by atoms with E-state index >= 15 is 0 Å². The van der Waals surface area contributed by atoms with Crippen LogP contribution in [0.1, 0.15) is 0 Å². The second kappa shape index (κ2) is 3.21. The Morgan fingerprint density at radius 1 is 1.25 bits per heavy atom. The van der Waals surface area contributed by atoms with Gasteiger partial charge in [0.1, 0.15) is 10.2 Å². The third kappa shape index (κ3) is 1.47. The molecule has 0 amide bonds. The molecular weight excluding hydrogens is 192 g/mol. The molecule has 0 aliphatic carbocycles. The van der Waals surface area contributed by atoms with Crippen LogP contribution in [0.4, 0.5) is 0 Å². The summed E-state index contributed by atoms with van der Waals surface area (Å²) in [5.74, 6) is 0. The molecule has 2 aromatic heterocycles. The largest absolute Gasteiger partial charge is 0.245 e. The zero-order valence-corrected chi connectivity index (χ0v) is 7.64.